The van der Waals surface area contributed by atoms with Crippen molar-refractivity contribution in [3.05, 3.63) is 47.7 Å². The van der Waals surface area contributed by atoms with Gasteiger partial charge in [0.15, 0.2) is 0 Å². The first-order valence-corrected chi connectivity index (χ1v) is 8.26. The van der Waals surface area contributed by atoms with E-state index in [1.54, 1.807) is 11.0 Å². The summed E-state index contributed by atoms with van der Waals surface area (Å²) in [5.41, 5.74) is 1.29. The number of anilines is 1. The Bertz CT molecular complexity index is 872. The molecular formula is C17H14F4N4O2. The van der Waals surface area contributed by atoms with Gasteiger partial charge in [0.2, 0.25) is 5.95 Å². The first kappa shape index (κ1) is 17.5. The predicted molar refractivity (Wildman–Crippen MR) is 85.4 cm³/mol. The van der Waals surface area contributed by atoms with E-state index in [0.717, 1.165) is 24.2 Å². The average molecular weight is 382 g/mol. The Morgan fingerprint density at radius 3 is 2.74 bits per heavy atom. The molecule has 1 fully saturated rings. The second-order valence-electron chi connectivity index (χ2n) is 6.39. The quantitative estimate of drug-likeness (QED) is 0.634. The molecule has 2 amide bonds. The molecule has 0 aromatic carbocycles. The van der Waals surface area contributed by atoms with Gasteiger partial charge in [0, 0.05) is 17.8 Å². The summed E-state index contributed by atoms with van der Waals surface area (Å²) in [7, 11) is 0. The van der Waals surface area contributed by atoms with E-state index in [2.05, 4.69) is 20.0 Å². The van der Waals surface area contributed by atoms with Gasteiger partial charge < -0.3 is 9.64 Å². The van der Waals surface area contributed by atoms with Crippen molar-refractivity contribution in [2.75, 3.05) is 5.32 Å². The molecule has 6 nitrogen and oxygen atoms in total. The number of aromatic nitrogens is 2. The Morgan fingerprint density at radius 1 is 1.22 bits per heavy atom. The Hall–Kier alpha value is -2.91. The molecule has 4 heterocycles. The number of halogens is 4. The lowest BCUT2D eigenvalue weighted by atomic mass is 9.95. The van der Waals surface area contributed by atoms with Gasteiger partial charge in [-0.15, -0.1) is 13.2 Å². The standard InChI is InChI=1S/C17H14F4N4O2/c18-15-12-7-9-1-3-13(11(12)5-6-22-15)25(9)16(26)24-14-4-2-10(8-23-14)27-17(19,20)21/h2,4-6,8-9,13H,1,3,7H2,(H,23,24,26)/t9-,13+/m1/s1. The number of carbonyl (C=O) groups is 1. The van der Waals surface area contributed by atoms with Crippen molar-refractivity contribution in [1.29, 1.82) is 0 Å². The van der Waals surface area contributed by atoms with Crippen LogP contribution in [0, 0.1) is 5.95 Å². The Kier molecular flexibility index (Phi) is 4.12. The van der Waals surface area contributed by atoms with Crippen molar-refractivity contribution < 1.29 is 27.1 Å². The Balaban J connectivity index is 1.49. The number of hydrogen-bond donors (Lipinski definition) is 1. The molecule has 1 saturated heterocycles. The van der Waals surface area contributed by atoms with Gasteiger partial charge >= 0.3 is 12.4 Å². The van der Waals surface area contributed by atoms with Gasteiger partial charge in [-0.3, -0.25) is 5.32 Å². The Labute approximate surface area is 151 Å². The lowest BCUT2D eigenvalue weighted by Gasteiger charge is -2.36. The molecule has 2 atom stereocenters. The third-order valence-electron chi connectivity index (χ3n) is 4.78. The SMILES string of the molecule is O=C(Nc1ccc(OC(F)(F)F)cn1)N1[C@@H]2CC[C@H]1c1ccnc(F)c1C2. The van der Waals surface area contributed by atoms with E-state index in [-0.39, 0.29) is 17.9 Å². The van der Waals surface area contributed by atoms with Crippen LogP contribution < -0.4 is 10.1 Å². The predicted octanol–water partition coefficient (Wildman–Crippen LogP) is 3.81. The topological polar surface area (TPSA) is 67.3 Å². The smallest absolute Gasteiger partial charge is 0.404 e. The number of amides is 2. The molecule has 142 valence electrons. The molecule has 0 radical (unpaired) electrons. The van der Waals surface area contributed by atoms with E-state index >= 15 is 0 Å². The summed E-state index contributed by atoms with van der Waals surface area (Å²) >= 11 is 0. The van der Waals surface area contributed by atoms with Crippen molar-refractivity contribution >= 4 is 11.8 Å². The monoisotopic (exact) mass is 382 g/mol. The summed E-state index contributed by atoms with van der Waals surface area (Å²) < 4.78 is 54.2. The van der Waals surface area contributed by atoms with Crippen LogP contribution in [0.1, 0.15) is 30.0 Å². The highest BCUT2D eigenvalue weighted by Crippen LogP contribution is 2.44. The lowest BCUT2D eigenvalue weighted by Crippen LogP contribution is -2.44. The Morgan fingerprint density at radius 2 is 2.04 bits per heavy atom. The van der Waals surface area contributed by atoms with Crippen molar-refractivity contribution in [2.45, 2.75) is 37.7 Å². The molecule has 2 aromatic heterocycles. The third kappa shape index (κ3) is 3.38. The van der Waals surface area contributed by atoms with Crippen molar-refractivity contribution in [1.82, 2.24) is 14.9 Å². The van der Waals surface area contributed by atoms with E-state index in [0.29, 0.717) is 18.4 Å². The maximum Gasteiger partial charge on any atom is 0.573 e. The van der Waals surface area contributed by atoms with Gasteiger partial charge in [-0.2, -0.15) is 4.39 Å². The summed E-state index contributed by atoms with van der Waals surface area (Å²) in [4.78, 5) is 21.8. The number of hydrogen-bond acceptors (Lipinski definition) is 4. The number of alkyl halides is 3. The number of nitrogens with zero attached hydrogens (tertiary/aromatic N) is 3. The van der Waals surface area contributed by atoms with Crippen LogP contribution in [-0.4, -0.2) is 33.3 Å². The number of nitrogens with one attached hydrogen (secondary N) is 1. The van der Waals surface area contributed by atoms with E-state index in [4.69, 9.17) is 0 Å². The minimum atomic E-state index is -4.81. The highest BCUT2D eigenvalue weighted by Gasteiger charge is 2.43. The average Bonchev–Trinajstić information content (AvgIpc) is 2.92. The second kappa shape index (κ2) is 6.36. The van der Waals surface area contributed by atoms with Crippen LogP contribution >= 0.6 is 0 Å². The normalized spacial score (nSPS) is 21.0. The molecule has 2 bridgehead atoms. The molecular weight excluding hydrogens is 368 g/mol. The molecule has 0 aliphatic carbocycles. The van der Waals surface area contributed by atoms with E-state index in [9.17, 15) is 22.4 Å². The third-order valence-corrected chi connectivity index (χ3v) is 4.78. The lowest BCUT2D eigenvalue weighted by molar-refractivity contribution is -0.274. The van der Waals surface area contributed by atoms with Crippen LogP contribution in [0.5, 0.6) is 5.75 Å². The van der Waals surface area contributed by atoms with Gasteiger partial charge in [0.05, 0.1) is 12.2 Å². The van der Waals surface area contributed by atoms with Gasteiger partial charge in [-0.1, -0.05) is 0 Å². The van der Waals surface area contributed by atoms with E-state index in [1.807, 2.05) is 0 Å². The van der Waals surface area contributed by atoms with Crippen molar-refractivity contribution in [2.24, 2.45) is 0 Å². The number of rotatable bonds is 2. The summed E-state index contributed by atoms with van der Waals surface area (Å²) in [6.07, 6.45) is -0.728. The van der Waals surface area contributed by atoms with Gasteiger partial charge in [0.1, 0.15) is 11.6 Å². The van der Waals surface area contributed by atoms with Crippen LogP contribution in [0.25, 0.3) is 0 Å². The van der Waals surface area contributed by atoms with E-state index in [1.165, 1.54) is 12.3 Å². The summed E-state index contributed by atoms with van der Waals surface area (Å²) in [5, 5.41) is 2.58. The van der Waals surface area contributed by atoms with Gasteiger partial charge in [0.25, 0.3) is 0 Å². The fourth-order valence-electron chi connectivity index (χ4n) is 3.75. The van der Waals surface area contributed by atoms with Crippen molar-refractivity contribution in [3.8, 4) is 5.75 Å². The minimum Gasteiger partial charge on any atom is -0.404 e. The van der Waals surface area contributed by atoms with Gasteiger partial charge in [-0.05, 0) is 43.0 Å². The summed E-state index contributed by atoms with van der Waals surface area (Å²) in [5.74, 6) is -0.887. The molecule has 0 spiro atoms. The molecule has 2 aliphatic rings. The van der Waals surface area contributed by atoms with E-state index < -0.39 is 24.1 Å². The maximum absolute atomic E-state index is 13.9. The van der Waals surface area contributed by atoms with Crippen LogP contribution in [0.4, 0.5) is 28.2 Å². The molecule has 0 unspecified atom stereocenters. The number of carbonyl (C=O) groups excluding carboxylic acids is 1. The molecule has 27 heavy (non-hydrogen) atoms. The first-order valence-electron chi connectivity index (χ1n) is 8.26. The highest BCUT2D eigenvalue weighted by molar-refractivity contribution is 5.89. The fourth-order valence-corrected chi connectivity index (χ4v) is 3.75. The zero-order valence-electron chi connectivity index (χ0n) is 13.8. The van der Waals surface area contributed by atoms with Crippen LogP contribution in [-0.2, 0) is 6.42 Å². The molecule has 2 aliphatic heterocycles. The molecule has 2 aromatic rings. The summed E-state index contributed by atoms with van der Waals surface area (Å²) in [6, 6.07) is 3.16. The highest BCUT2D eigenvalue weighted by atomic mass is 19.4. The van der Waals surface area contributed by atoms with Crippen LogP contribution in [0.2, 0.25) is 0 Å². The van der Waals surface area contributed by atoms with Crippen LogP contribution in [0.3, 0.4) is 0 Å². The molecule has 4 rings (SSSR count). The minimum absolute atomic E-state index is 0.0978. The van der Waals surface area contributed by atoms with Gasteiger partial charge in [-0.25, -0.2) is 14.8 Å². The van der Waals surface area contributed by atoms with Crippen LogP contribution in [0.15, 0.2) is 30.6 Å². The maximum atomic E-state index is 13.9. The number of urea groups is 1. The largest absolute Gasteiger partial charge is 0.573 e. The fraction of sp³-hybridized carbons (Fsp3) is 0.353. The zero-order chi connectivity index (χ0) is 19.2. The number of fused-ring (bicyclic) bond motifs is 4. The zero-order valence-corrected chi connectivity index (χ0v) is 13.8. The molecule has 0 saturated carbocycles. The summed E-state index contributed by atoms with van der Waals surface area (Å²) in [6.45, 7) is 0. The molecule has 10 heteroatoms. The number of pyridine rings is 2. The second-order valence-corrected chi connectivity index (χ2v) is 6.39. The van der Waals surface area contributed by atoms with Crippen molar-refractivity contribution in [3.63, 3.8) is 0 Å². The molecule has 1 N–H and O–H groups in total. The first-order chi connectivity index (χ1) is 12.8. The number of ether oxygens (including phenoxy) is 1.